The van der Waals surface area contributed by atoms with Crippen molar-refractivity contribution in [3.8, 4) is 6.07 Å². The predicted molar refractivity (Wildman–Crippen MR) is 123 cm³/mol. The van der Waals surface area contributed by atoms with Crippen LogP contribution in [0.1, 0.15) is 47.7 Å². The molecule has 0 saturated heterocycles. The minimum absolute atomic E-state index is 0.197. The lowest BCUT2D eigenvalue weighted by Crippen LogP contribution is -2.26. The second-order valence-electron chi connectivity index (χ2n) is 7.66. The Labute approximate surface area is 192 Å². The Morgan fingerprint density at radius 3 is 2.58 bits per heavy atom. The number of ether oxygens (including phenoxy) is 1. The number of rotatable bonds is 8. The highest BCUT2D eigenvalue weighted by atomic mass is 16.5. The molecule has 0 aliphatic heterocycles. The van der Waals surface area contributed by atoms with Gasteiger partial charge in [-0.3, -0.25) is 4.79 Å². The summed E-state index contributed by atoms with van der Waals surface area (Å²) < 4.78 is 12.6. The Morgan fingerprint density at radius 1 is 1.24 bits per heavy atom. The molecule has 0 bridgehead atoms. The van der Waals surface area contributed by atoms with Gasteiger partial charge in [-0.2, -0.15) is 5.26 Å². The SMILES string of the molecule is CCCn1c(C)cc(/C=C(\C#N)C(=O)OC(C(=O)Nc2cc(C)on2)c2ccccc2)c1C. The van der Waals surface area contributed by atoms with Crippen LogP contribution in [0, 0.1) is 32.1 Å². The van der Waals surface area contributed by atoms with Gasteiger partial charge in [0.25, 0.3) is 5.91 Å². The van der Waals surface area contributed by atoms with Gasteiger partial charge in [0.15, 0.2) is 5.82 Å². The van der Waals surface area contributed by atoms with Crippen molar-refractivity contribution in [2.45, 2.75) is 46.8 Å². The predicted octanol–water partition coefficient (Wildman–Crippen LogP) is 4.64. The van der Waals surface area contributed by atoms with Gasteiger partial charge in [0.1, 0.15) is 17.4 Å². The molecule has 0 spiro atoms. The van der Waals surface area contributed by atoms with Crippen LogP contribution in [0.15, 0.2) is 52.6 Å². The van der Waals surface area contributed by atoms with Crippen molar-refractivity contribution in [1.29, 1.82) is 5.26 Å². The van der Waals surface area contributed by atoms with Crippen molar-refractivity contribution in [2.24, 2.45) is 0 Å². The zero-order chi connectivity index (χ0) is 24.0. The van der Waals surface area contributed by atoms with E-state index in [2.05, 4.69) is 22.0 Å². The van der Waals surface area contributed by atoms with Crippen molar-refractivity contribution >= 4 is 23.8 Å². The standard InChI is InChI=1S/C25H26N4O4/c1-5-11-29-16(2)12-20(18(29)4)14-21(15-26)25(31)32-23(19-9-7-6-8-10-19)24(30)27-22-13-17(3)33-28-22/h6-10,12-14,23H,5,11H2,1-4H3,(H,27,28,30)/b21-14+. The van der Waals surface area contributed by atoms with Crippen LogP contribution < -0.4 is 5.32 Å². The fourth-order valence-electron chi connectivity index (χ4n) is 3.52. The van der Waals surface area contributed by atoms with Crippen LogP contribution >= 0.6 is 0 Å². The topological polar surface area (TPSA) is 110 Å². The summed E-state index contributed by atoms with van der Waals surface area (Å²) in [6, 6.07) is 14.0. The lowest BCUT2D eigenvalue weighted by molar-refractivity contribution is -0.150. The molecule has 1 unspecified atom stereocenters. The Hall–Kier alpha value is -4.12. The van der Waals surface area contributed by atoms with Crippen LogP contribution in [-0.4, -0.2) is 21.6 Å². The Bertz CT molecular complexity index is 1220. The second-order valence-corrected chi connectivity index (χ2v) is 7.66. The molecule has 33 heavy (non-hydrogen) atoms. The number of carbonyl (C=O) groups excluding carboxylic acids is 2. The number of nitrogens with zero attached hydrogens (tertiary/aromatic N) is 3. The van der Waals surface area contributed by atoms with Crippen LogP contribution in [-0.2, 0) is 20.9 Å². The monoisotopic (exact) mass is 446 g/mol. The number of anilines is 1. The van der Waals surface area contributed by atoms with Gasteiger partial charge in [-0.25, -0.2) is 4.79 Å². The van der Waals surface area contributed by atoms with E-state index in [1.54, 1.807) is 43.3 Å². The minimum atomic E-state index is -1.28. The zero-order valence-electron chi connectivity index (χ0n) is 19.1. The smallest absolute Gasteiger partial charge is 0.350 e. The van der Waals surface area contributed by atoms with Gasteiger partial charge < -0.3 is 19.1 Å². The Morgan fingerprint density at radius 2 is 1.97 bits per heavy atom. The fraction of sp³-hybridized carbons (Fsp3) is 0.280. The average Bonchev–Trinajstić information content (AvgIpc) is 3.33. The quantitative estimate of drug-likeness (QED) is 0.307. The van der Waals surface area contributed by atoms with Crippen LogP contribution in [0.4, 0.5) is 5.82 Å². The van der Waals surface area contributed by atoms with E-state index in [1.807, 2.05) is 26.0 Å². The number of aryl methyl sites for hydroxylation is 2. The number of aromatic nitrogens is 2. The van der Waals surface area contributed by atoms with E-state index in [0.29, 0.717) is 11.3 Å². The molecular formula is C25H26N4O4. The van der Waals surface area contributed by atoms with Crippen LogP contribution in [0.5, 0.6) is 0 Å². The second kappa shape index (κ2) is 10.5. The van der Waals surface area contributed by atoms with Crippen molar-refractivity contribution in [2.75, 3.05) is 5.32 Å². The number of hydrogen-bond donors (Lipinski definition) is 1. The van der Waals surface area contributed by atoms with Gasteiger partial charge in [0.2, 0.25) is 6.10 Å². The lowest BCUT2D eigenvalue weighted by Gasteiger charge is -2.17. The van der Waals surface area contributed by atoms with E-state index >= 15 is 0 Å². The highest BCUT2D eigenvalue weighted by Crippen LogP contribution is 2.23. The number of carbonyl (C=O) groups is 2. The summed E-state index contributed by atoms with van der Waals surface area (Å²) in [5, 5.41) is 16.0. The summed E-state index contributed by atoms with van der Waals surface area (Å²) >= 11 is 0. The summed E-state index contributed by atoms with van der Waals surface area (Å²) in [5.74, 6) is -0.776. The molecule has 1 atom stereocenters. The Kier molecular flexibility index (Phi) is 7.46. The number of amides is 1. The molecule has 0 fully saturated rings. The molecule has 0 radical (unpaired) electrons. The molecule has 0 saturated carbocycles. The molecule has 1 amide bonds. The number of esters is 1. The number of nitrogens with one attached hydrogen (secondary N) is 1. The molecule has 0 aliphatic carbocycles. The summed E-state index contributed by atoms with van der Waals surface area (Å²) in [5.41, 5.74) is 3.01. The first kappa shape index (κ1) is 23.5. The summed E-state index contributed by atoms with van der Waals surface area (Å²) in [7, 11) is 0. The Balaban J connectivity index is 1.87. The van der Waals surface area contributed by atoms with E-state index in [4.69, 9.17) is 9.26 Å². The number of hydrogen-bond acceptors (Lipinski definition) is 6. The maximum atomic E-state index is 12.9. The third-order valence-electron chi connectivity index (χ3n) is 5.14. The molecule has 2 aromatic heterocycles. The van der Waals surface area contributed by atoms with E-state index in [9.17, 15) is 14.9 Å². The highest BCUT2D eigenvalue weighted by Gasteiger charge is 2.27. The lowest BCUT2D eigenvalue weighted by atomic mass is 10.1. The fourth-order valence-corrected chi connectivity index (χ4v) is 3.52. The largest absolute Gasteiger partial charge is 0.443 e. The molecule has 8 nitrogen and oxygen atoms in total. The first-order valence-corrected chi connectivity index (χ1v) is 10.6. The van der Waals surface area contributed by atoms with E-state index in [-0.39, 0.29) is 11.4 Å². The van der Waals surface area contributed by atoms with Crippen molar-refractivity contribution < 1.29 is 18.8 Å². The average molecular weight is 447 g/mol. The van der Waals surface area contributed by atoms with Gasteiger partial charge in [-0.05, 0) is 44.9 Å². The molecule has 8 heteroatoms. The van der Waals surface area contributed by atoms with Crippen LogP contribution in [0.2, 0.25) is 0 Å². The highest BCUT2D eigenvalue weighted by molar-refractivity contribution is 6.01. The van der Waals surface area contributed by atoms with Gasteiger partial charge in [0, 0.05) is 29.6 Å². The molecule has 1 N–H and O–H groups in total. The van der Waals surface area contributed by atoms with E-state index in [1.165, 1.54) is 6.08 Å². The molecule has 0 aliphatic rings. The summed E-state index contributed by atoms with van der Waals surface area (Å²) in [6.45, 7) is 8.54. The van der Waals surface area contributed by atoms with Gasteiger partial charge in [-0.15, -0.1) is 0 Å². The van der Waals surface area contributed by atoms with Crippen molar-refractivity contribution in [3.05, 3.63) is 76.3 Å². The molecule has 1 aromatic carbocycles. The molecule has 2 heterocycles. The molecule has 3 aromatic rings. The van der Waals surface area contributed by atoms with Gasteiger partial charge in [-0.1, -0.05) is 42.4 Å². The molecule has 3 rings (SSSR count). The number of nitriles is 1. The molecular weight excluding hydrogens is 420 g/mol. The summed E-state index contributed by atoms with van der Waals surface area (Å²) in [4.78, 5) is 25.8. The third kappa shape index (κ3) is 5.57. The maximum absolute atomic E-state index is 12.9. The van der Waals surface area contributed by atoms with Gasteiger partial charge >= 0.3 is 5.97 Å². The maximum Gasteiger partial charge on any atom is 0.350 e. The number of benzene rings is 1. The normalized spacial score (nSPS) is 12.2. The van der Waals surface area contributed by atoms with Gasteiger partial charge in [0.05, 0.1) is 0 Å². The van der Waals surface area contributed by atoms with Crippen LogP contribution in [0.3, 0.4) is 0 Å². The van der Waals surface area contributed by atoms with Crippen molar-refractivity contribution in [1.82, 2.24) is 9.72 Å². The van der Waals surface area contributed by atoms with E-state index < -0.39 is 18.0 Å². The first-order chi connectivity index (χ1) is 15.8. The van der Waals surface area contributed by atoms with E-state index in [0.717, 1.165) is 29.9 Å². The van der Waals surface area contributed by atoms with Crippen LogP contribution in [0.25, 0.3) is 6.08 Å². The van der Waals surface area contributed by atoms with Crippen molar-refractivity contribution in [3.63, 3.8) is 0 Å². The zero-order valence-corrected chi connectivity index (χ0v) is 19.1. The summed E-state index contributed by atoms with van der Waals surface area (Å²) in [6.07, 6.45) is 1.18. The third-order valence-corrected chi connectivity index (χ3v) is 5.14. The minimum Gasteiger partial charge on any atom is -0.443 e. The first-order valence-electron chi connectivity index (χ1n) is 10.6. The molecule has 170 valence electrons.